The molecule has 0 bridgehead atoms. The molecule has 1 rings (SSSR count). The smallest absolute Gasteiger partial charge is 0.225 e. The summed E-state index contributed by atoms with van der Waals surface area (Å²) in [6.07, 6.45) is 4.46. The van der Waals surface area contributed by atoms with Crippen molar-refractivity contribution in [3.05, 3.63) is 12.3 Å². The number of aliphatic hydroxyl groups is 1. The van der Waals surface area contributed by atoms with Crippen LogP contribution in [0.5, 0.6) is 5.88 Å². The molecule has 0 spiro atoms. The maximum Gasteiger partial charge on any atom is 0.225 e. The van der Waals surface area contributed by atoms with Gasteiger partial charge in [0.05, 0.1) is 13.2 Å². The van der Waals surface area contributed by atoms with Gasteiger partial charge in [-0.1, -0.05) is 20.8 Å². The third-order valence-electron chi connectivity index (χ3n) is 3.54. The molecule has 0 amide bonds. The molecule has 0 unspecified atom stereocenters. The lowest BCUT2D eigenvalue weighted by Crippen LogP contribution is -2.32. The Labute approximate surface area is 115 Å². The van der Waals surface area contributed by atoms with E-state index in [0.717, 1.165) is 19.3 Å². The Morgan fingerprint density at radius 3 is 2.63 bits per heavy atom. The van der Waals surface area contributed by atoms with Crippen molar-refractivity contribution in [2.75, 3.05) is 25.1 Å². The molecule has 108 valence electrons. The Kier molecular flexibility index (Phi) is 6.56. The standard InChI is InChI=1S/C14H25N3O2/c1-4-9-19-12-7-8-15-13(17-12)16-10-14(5-2,6-3)11-18/h7-8,18H,4-6,9-11H2,1-3H3,(H,15,16,17). The summed E-state index contributed by atoms with van der Waals surface area (Å²) in [5.41, 5.74) is -0.107. The van der Waals surface area contributed by atoms with E-state index in [1.165, 1.54) is 0 Å². The van der Waals surface area contributed by atoms with Crippen LogP contribution in [-0.4, -0.2) is 34.8 Å². The molecule has 1 aromatic heterocycles. The molecule has 1 aromatic rings. The van der Waals surface area contributed by atoms with E-state index in [0.29, 0.717) is 25.0 Å². The van der Waals surface area contributed by atoms with Crippen LogP contribution in [0.2, 0.25) is 0 Å². The van der Waals surface area contributed by atoms with Gasteiger partial charge in [-0.05, 0) is 19.3 Å². The summed E-state index contributed by atoms with van der Waals surface area (Å²) < 4.78 is 5.47. The molecule has 0 saturated heterocycles. The Morgan fingerprint density at radius 1 is 1.32 bits per heavy atom. The molecule has 19 heavy (non-hydrogen) atoms. The molecule has 0 aliphatic carbocycles. The van der Waals surface area contributed by atoms with Gasteiger partial charge in [0.25, 0.3) is 0 Å². The van der Waals surface area contributed by atoms with Crippen molar-refractivity contribution < 1.29 is 9.84 Å². The first-order valence-electron chi connectivity index (χ1n) is 7.00. The number of ether oxygens (including phenoxy) is 1. The Balaban J connectivity index is 2.61. The highest BCUT2D eigenvalue weighted by atomic mass is 16.5. The molecule has 0 aliphatic rings. The topological polar surface area (TPSA) is 67.3 Å². The number of nitrogens with one attached hydrogen (secondary N) is 1. The Hall–Kier alpha value is -1.36. The molecule has 1 heterocycles. The average Bonchev–Trinajstić information content (AvgIpc) is 2.47. The van der Waals surface area contributed by atoms with Crippen molar-refractivity contribution in [3.8, 4) is 5.88 Å². The minimum atomic E-state index is -0.107. The van der Waals surface area contributed by atoms with E-state index in [1.54, 1.807) is 12.3 Å². The molecule has 5 nitrogen and oxygen atoms in total. The van der Waals surface area contributed by atoms with E-state index in [2.05, 4.69) is 36.1 Å². The van der Waals surface area contributed by atoms with Gasteiger partial charge in [0.15, 0.2) is 0 Å². The quantitative estimate of drug-likeness (QED) is 0.719. The van der Waals surface area contributed by atoms with Crippen LogP contribution in [-0.2, 0) is 0 Å². The third kappa shape index (κ3) is 4.67. The molecule has 0 saturated carbocycles. The predicted octanol–water partition coefficient (Wildman–Crippen LogP) is 2.48. The average molecular weight is 267 g/mol. The molecule has 0 radical (unpaired) electrons. The van der Waals surface area contributed by atoms with Gasteiger partial charge in [-0.15, -0.1) is 0 Å². The maximum atomic E-state index is 9.52. The highest BCUT2D eigenvalue weighted by Gasteiger charge is 2.25. The summed E-state index contributed by atoms with van der Waals surface area (Å²) in [5, 5.41) is 12.7. The molecular formula is C14H25N3O2. The predicted molar refractivity (Wildman–Crippen MR) is 76.4 cm³/mol. The summed E-state index contributed by atoms with van der Waals surface area (Å²) in [6.45, 7) is 7.71. The van der Waals surface area contributed by atoms with E-state index in [9.17, 15) is 5.11 Å². The minimum absolute atomic E-state index is 0.107. The number of aromatic nitrogens is 2. The van der Waals surface area contributed by atoms with E-state index in [-0.39, 0.29) is 12.0 Å². The van der Waals surface area contributed by atoms with E-state index < -0.39 is 0 Å². The summed E-state index contributed by atoms with van der Waals surface area (Å²) >= 11 is 0. The molecule has 0 aliphatic heterocycles. The lowest BCUT2D eigenvalue weighted by molar-refractivity contribution is 0.127. The van der Waals surface area contributed by atoms with Crippen molar-refractivity contribution in [1.82, 2.24) is 9.97 Å². The Morgan fingerprint density at radius 2 is 2.05 bits per heavy atom. The fourth-order valence-corrected chi connectivity index (χ4v) is 1.76. The molecular weight excluding hydrogens is 242 g/mol. The molecule has 0 atom stereocenters. The Bertz CT molecular complexity index is 359. The summed E-state index contributed by atoms with van der Waals surface area (Å²) in [4.78, 5) is 8.46. The molecule has 5 heteroatoms. The van der Waals surface area contributed by atoms with Crippen molar-refractivity contribution >= 4 is 5.95 Å². The normalized spacial score (nSPS) is 11.4. The van der Waals surface area contributed by atoms with E-state index in [4.69, 9.17) is 4.74 Å². The number of hydrogen-bond acceptors (Lipinski definition) is 5. The summed E-state index contributed by atoms with van der Waals surface area (Å²) in [5.74, 6) is 1.13. The molecule has 0 aromatic carbocycles. The van der Waals surface area contributed by atoms with Crippen molar-refractivity contribution in [3.63, 3.8) is 0 Å². The largest absolute Gasteiger partial charge is 0.478 e. The van der Waals surface area contributed by atoms with Gasteiger partial charge in [-0.25, -0.2) is 4.98 Å². The fraction of sp³-hybridized carbons (Fsp3) is 0.714. The maximum absolute atomic E-state index is 9.52. The van der Waals surface area contributed by atoms with Crippen molar-refractivity contribution in [1.29, 1.82) is 0 Å². The second kappa shape index (κ2) is 7.94. The third-order valence-corrected chi connectivity index (χ3v) is 3.54. The van der Waals surface area contributed by atoms with Gasteiger partial charge in [-0.3, -0.25) is 0 Å². The van der Waals surface area contributed by atoms with Crippen LogP contribution < -0.4 is 10.1 Å². The van der Waals surface area contributed by atoms with Crippen LogP contribution in [0.4, 0.5) is 5.95 Å². The zero-order valence-electron chi connectivity index (χ0n) is 12.1. The van der Waals surface area contributed by atoms with Crippen LogP contribution >= 0.6 is 0 Å². The van der Waals surface area contributed by atoms with Gasteiger partial charge >= 0.3 is 0 Å². The van der Waals surface area contributed by atoms with Crippen LogP contribution in [0.15, 0.2) is 12.3 Å². The first kappa shape index (κ1) is 15.7. The zero-order chi connectivity index (χ0) is 14.1. The zero-order valence-corrected chi connectivity index (χ0v) is 12.1. The first-order chi connectivity index (χ1) is 9.19. The number of rotatable bonds is 9. The SMILES string of the molecule is CCCOc1ccnc(NCC(CC)(CC)CO)n1. The monoisotopic (exact) mass is 267 g/mol. The minimum Gasteiger partial charge on any atom is -0.478 e. The summed E-state index contributed by atoms with van der Waals surface area (Å²) in [6, 6.07) is 1.75. The van der Waals surface area contributed by atoms with E-state index >= 15 is 0 Å². The van der Waals surface area contributed by atoms with Gasteiger partial charge in [0.1, 0.15) is 0 Å². The van der Waals surface area contributed by atoms with Crippen LogP contribution in [0.3, 0.4) is 0 Å². The van der Waals surface area contributed by atoms with Crippen molar-refractivity contribution in [2.24, 2.45) is 5.41 Å². The van der Waals surface area contributed by atoms with Gasteiger partial charge in [0.2, 0.25) is 11.8 Å². The lowest BCUT2D eigenvalue weighted by atomic mass is 9.83. The number of nitrogens with zero attached hydrogens (tertiary/aromatic N) is 2. The number of hydrogen-bond donors (Lipinski definition) is 2. The summed E-state index contributed by atoms with van der Waals surface area (Å²) in [7, 11) is 0. The number of aliphatic hydroxyl groups excluding tert-OH is 1. The second-order valence-corrected chi connectivity index (χ2v) is 4.79. The van der Waals surface area contributed by atoms with Crippen LogP contribution in [0, 0.1) is 5.41 Å². The first-order valence-corrected chi connectivity index (χ1v) is 7.00. The lowest BCUT2D eigenvalue weighted by Gasteiger charge is -2.29. The highest BCUT2D eigenvalue weighted by molar-refractivity contribution is 5.27. The van der Waals surface area contributed by atoms with E-state index in [1.807, 2.05) is 0 Å². The van der Waals surface area contributed by atoms with Crippen LogP contribution in [0.25, 0.3) is 0 Å². The fourth-order valence-electron chi connectivity index (χ4n) is 1.76. The van der Waals surface area contributed by atoms with Gasteiger partial charge < -0.3 is 15.2 Å². The second-order valence-electron chi connectivity index (χ2n) is 4.79. The van der Waals surface area contributed by atoms with Gasteiger partial charge in [0, 0.05) is 24.2 Å². The highest BCUT2D eigenvalue weighted by Crippen LogP contribution is 2.25. The molecule has 2 N–H and O–H groups in total. The number of anilines is 1. The van der Waals surface area contributed by atoms with Crippen LogP contribution in [0.1, 0.15) is 40.0 Å². The molecule has 0 fully saturated rings. The van der Waals surface area contributed by atoms with Gasteiger partial charge in [-0.2, -0.15) is 4.98 Å². The van der Waals surface area contributed by atoms with Crippen molar-refractivity contribution in [2.45, 2.75) is 40.0 Å².